The minimum Gasteiger partial charge on any atom is -0.399 e. The van der Waals surface area contributed by atoms with Crippen molar-refractivity contribution in [1.29, 1.82) is 0 Å². The minimum atomic E-state index is -3.13. The van der Waals surface area contributed by atoms with Crippen molar-refractivity contribution in [2.75, 3.05) is 18.5 Å². The molecule has 1 aliphatic heterocycles. The van der Waals surface area contributed by atoms with Crippen LogP contribution in [0.1, 0.15) is 30.0 Å². The Morgan fingerprint density at radius 2 is 2.12 bits per heavy atom. The molecule has 17 heavy (non-hydrogen) atoms. The topological polar surface area (TPSA) is 63.4 Å². The van der Waals surface area contributed by atoms with E-state index in [1.807, 2.05) is 25.1 Å². The molecule has 0 aromatic heterocycles. The van der Waals surface area contributed by atoms with Crippen LogP contribution in [0.3, 0.4) is 0 Å². The third-order valence-electron chi connectivity index (χ3n) is 3.32. The maximum absolute atomic E-state index is 11.7. The number of benzene rings is 1. The molecule has 94 valence electrons. The lowest BCUT2D eigenvalue weighted by molar-refractivity contribution is 0.400. The van der Waals surface area contributed by atoms with E-state index in [2.05, 4.69) is 0 Å². The Morgan fingerprint density at radius 3 is 2.71 bits per heavy atom. The molecule has 0 radical (unpaired) electrons. The molecular weight excluding hydrogens is 236 g/mol. The summed E-state index contributed by atoms with van der Waals surface area (Å²) in [5, 5.41) is 0. The van der Waals surface area contributed by atoms with Gasteiger partial charge in [0, 0.05) is 18.3 Å². The highest BCUT2D eigenvalue weighted by atomic mass is 32.2. The van der Waals surface area contributed by atoms with Gasteiger partial charge in [-0.1, -0.05) is 12.1 Å². The first-order chi connectivity index (χ1) is 7.89. The molecule has 0 saturated carbocycles. The number of nitrogens with zero attached hydrogens (tertiary/aromatic N) is 1. The van der Waals surface area contributed by atoms with Gasteiger partial charge in [0.25, 0.3) is 0 Å². The third kappa shape index (κ3) is 2.45. The van der Waals surface area contributed by atoms with Crippen LogP contribution in [0.2, 0.25) is 0 Å². The number of sulfonamides is 1. The van der Waals surface area contributed by atoms with Crippen molar-refractivity contribution in [1.82, 2.24) is 4.31 Å². The van der Waals surface area contributed by atoms with Gasteiger partial charge in [0.2, 0.25) is 10.0 Å². The number of nitrogens with two attached hydrogens (primary N) is 1. The smallest absolute Gasteiger partial charge is 0.211 e. The predicted octanol–water partition coefficient (Wildman–Crippen LogP) is 1.67. The van der Waals surface area contributed by atoms with Gasteiger partial charge in [0.1, 0.15) is 0 Å². The maximum Gasteiger partial charge on any atom is 0.211 e. The lowest BCUT2D eigenvalue weighted by Crippen LogP contribution is -2.29. The van der Waals surface area contributed by atoms with Crippen molar-refractivity contribution in [3.05, 3.63) is 29.3 Å². The van der Waals surface area contributed by atoms with Crippen molar-refractivity contribution in [3.8, 4) is 0 Å². The van der Waals surface area contributed by atoms with Crippen molar-refractivity contribution in [2.45, 2.75) is 25.8 Å². The third-order valence-corrected chi connectivity index (χ3v) is 4.61. The molecule has 1 fully saturated rings. The second-order valence-corrected chi connectivity index (χ2v) is 6.58. The van der Waals surface area contributed by atoms with Crippen LogP contribution in [0.15, 0.2) is 18.2 Å². The van der Waals surface area contributed by atoms with Gasteiger partial charge in [0.05, 0.1) is 6.26 Å². The van der Waals surface area contributed by atoms with Crippen molar-refractivity contribution < 1.29 is 8.42 Å². The van der Waals surface area contributed by atoms with Gasteiger partial charge in [-0.25, -0.2) is 8.42 Å². The molecule has 0 aliphatic carbocycles. The van der Waals surface area contributed by atoms with Gasteiger partial charge in [0.15, 0.2) is 0 Å². The molecule has 1 aromatic carbocycles. The molecule has 1 aliphatic rings. The summed E-state index contributed by atoms with van der Waals surface area (Å²) in [5.74, 6) is 0. The molecule has 5 heteroatoms. The van der Waals surface area contributed by atoms with Gasteiger partial charge in [-0.2, -0.15) is 4.31 Å². The molecule has 1 atom stereocenters. The van der Waals surface area contributed by atoms with Crippen molar-refractivity contribution in [3.63, 3.8) is 0 Å². The summed E-state index contributed by atoms with van der Waals surface area (Å²) in [6.07, 6.45) is 3.05. The zero-order chi connectivity index (χ0) is 12.6. The fraction of sp³-hybridized carbons (Fsp3) is 0.500. The van der Waals surface area contributed by atoms with Gasteiger partial charge < -0.3 is 5.73 Å². The molecule has 1 unspecified atom stereocenters. The standard InChI is InChI=1S/C12H18N2O2S/c1-9-5-6-10(8-11(9)13)12-4-3-7-14(12)17(2,15)16/h5-6,8,12H,3-4,7,13H2,1-2H3. The van der Waals surface area contributed by atoms with E-state index in [1.165, 1.54) is 6.26 Å². The number of anilines is 1. The fourth-order valence-electron chi connectivity index (χ4n) is 2.34. The summed E-state index contributed by atoms with van der Waals surface area (Å²) < 4.78 is 24.9. The van der Waals surface area contributed by atoms with Crippen LogP contribution in [0.4, 0.5) is 5.69 Å². The lowest BCUT2D eigenvalue weighted by atomic mass is 10.0. The normalized spacial score (nSPS) is 21.9. The van der Waals surface area contributed by atoms with Crippen molar-refractivity contribution >= 4 is 15.7 Å². The first-order valence-electron chi connectivity index (χ1n) is 5.72. The van der Waals surface area contributed by atoms with E-state index in [9.17, 15) is 8.42 Å². The number of hydrogen-bond acceptors (Lipinski definition) is 3. The van der Waals surface area contributed by atoms with Crippen LogP contribution in [0.25, 0.3) is 0 Å². The SMILES string of the molecule is Cc1ccc(C2CCCN2S(C)(=O)=O)cc1N. The summed E-state index contributed by atoms with van der Waals surface area (Å²) >= 11 is 0. The summed E-state index contributed by atoms with van der Waals surface area (Å²) in [6, 6.07) is 5.76. The Bertz CT molecular complexity index is 525. The first kappa shape index (κ1) is 12.4. The Balaban J connectivity index is 2.36. The van der Waals surface area contributed by atoms with Crippen LogP contribution in [-0.4, -0.2) is 25.5 Å². The quantitative estimate of drug-likeness (QED) is 0.817. The van der Waals surface area contributed by atoms with Crippen LogP contribution in [0, 0.1) is 6.92 Å². The monoisotopic (exact) mass is 254 g/mol. The number of nitrogen functional groups attached to an aromatic ring is 1. The van der Waals surface area contributed by atoms with Crippen LogP contribution < -0.4 is 5.73 Å². The van der Waals surface area contributed by atoms with Crippen LogP contribution in [0.5, 0.6) is 0 Å². The van der Waals surface area contributed by atoms with E-state index in [0.717, 1.165) is 29.7 Å². The Hall–Kier alpha value is -1.07. The molecular formula is C12H18N2O2S. The second kappa shape index (κ2) is 4.31. The molecule has 1 heterocycles. The van der Waals surface area contributed by atoms with Gasteiger partial charge in [-0.05, 0) is 37.0 Å². The number of rotatable bonds is 2. The number of aryl methyl sites for hydroxylation is 1. The number of hydrogen-bond donors (Lipinski definition) is 1. The molecule has 0 amide bonds. The molecule has 4 nitrogen and oxygen atoms in total. The highest BCUT2D eigenvalue weighted by Gasteiger charge is 2.32. The van der Waals surface area contributed by atoms with Gasteiger partial charge in [-0.3, -0.25) is 0 Å². The van der Waals surface area contributed by atoms with E-state index in [1.54, 1.807) is 4.31 Å². The Kier molecular flexibility index (Phi) is 3.14. The largest absolute Gasteiger partial charge is 0.399 e. The highest BCUT2D eigenvalue weighted by Crippen LogP contribution is 2.34. The zero-order valence-electron chi connectivity index (χ0n) is 10.2. The van der Waals surface area contributed by atoms with Gasteiger partial charge >= 0.3 is 0 Å². The maximum atomic E-state index is 11.7. The summed E-state index contributed by atoms with van der Waals surface area (Å²) in [6.45, 7) is 2.55. The Labute approximate surface area is 102 Å². The average molecular weight is 254 g/mol. The average Bonchev–Trinajstić information content (AvgIpc) is 2.70. The van der Waals surface area contributed by atoms with E-state index in [0.29, 0.717) is 6.54 Å². The summed E-state index contributed by atoms with van der Waals surface area (Å²) in [7, 11) is -3.13. The van der Waals surface area contributed by atoms with Crippen LogP contribution in [-0.2, 0) is 10.0 Å². The molecule has 0 spiro atoms. The van der Waals surface area contributed by atoms with E-state index >= 15 is 0 Å². The zero-order valence-corrected chi connectivity index (χ0v) is 11.0. The van der Waals surface area contributed by atoms with Crippen LogP contribution >= 0.6 is 0 Å². The second-order valence-electron chi connectivity index (χ2n) is 4.65. The highest BCUT2D eigenvalue weighted by molar-refractivity contribution is 7.88. The molecule has 1 saturated heterocycles. The first-order valence-corrected chi connectivity index (χ1v) is 7.57. The van der Waals surface area contributed by atoms with E-state index in [-0.39, 0.29) is 6.04 Å². The lowest BCUT2D eigenvalue weighted by Gasteiger charge is -2.23. The molecule has 1 aromatic rings. The molecule has 2 N–H and O–H groups in total. The predicted molar refractivity (Wildman–Crippen MR) is 69.1 cm³/mol. The van der Waals surface area contributed by atoms with E-state index < -0.39 is 10.0 Å². The Morgan fingerprint density at radius 1 is 1.41 bits per heavy atom. The minimum absolute atomic E-state index is 0.0482. The van der Waals surface area contributed by atoms with E-state index in [4.69, 9.17) is 5.73 Å². The summed E-state index contributed by atoms with van der Waals surface area (Å²) in [4.78, 5) is 0. The molecule has 2 rings (SSSR count). The summed E-state index contributed by atoms with van der Waals surface area (Å²) in [5.41, 5.74) is 8.62. The van der Waals surface area contributed by atoms with Gasteiger partial charge in [-0.15, -0.1) is 0 Å². The van der Waals surface area contributed by atoms with Crippen molar-refractivity contribution in [2.24, 2.45) is 0 Å². The molecule has 0 bridgehead atoms. The fourth-order valence-corrected chi connectivity index (χ4v) is 3.49.